The summed E-state index contributed by atoms with van der Waals surface area (Å²) in [5.41, 5.74) is 1.02. The van der Waals surface area contributed by atoms with Gasteiger partial charge in [-0.25, -0.2) is 17.5 Å². The van der Waals surface area contributed by atoms with E-state index in [1.807, 2.05) is 0 Å². The second-order valence-corrected chi connectivity index (χ2v) is 8.11. The smallest absolute Gasteiger partial charge is 0.328 e. The lowest BCUT2D eigenvalue weighted by molar-refractivity contribution is -0.142. The second-order valence-electron chi connectivity index (χ2n) is 5.80. The first-order chi connectivity index (χ1) is 12.2. The van der Waals surface area contributed by atoms with E-state index >= 15 is 0 Å². The molecule has 0 saturated heterocycles. The predicted molar refractivity (Wildman–Crippen MR) is 99.0 cm³/mol. The van der Waals surface area contributed by atoms with Crippen LogP contribution in [0.2, 0.25) is 0 Å². The fourth-order valence-corrected chi connectivity index (χ4v) is 2.82. The van der Waals surface area contributed by atoms with Crippen LogP contribution in [-0.2, 0) is 19.6 Å². The lowest BCUT2D eigenvalue weighted by atomic mass is 10.1. The van der Waals surface area contributed by atoms with E-state index in [0.717, 1.165) is 0 Å². The highest BCUT2D eigenvalue weighted by Gasteiger charge is 2.16. The van der Waals surface area contributed by atoms with Gasteiger partial charge in [0.2, 0.25) is 10.0 Å². The molecule has 1 rings (SSSR count). The number of hydrogen-bond donors (Lipinski definition) is 1. The largest absolute Gasteiger partial charge is 0.467 e. The van der Waals surface area contributed by atoms with Crippen molar-refractivity contribution in [3.05, 3.63) is 35.4 Å². The Bertz CT molecular complexity index is 806. The van der Waals surface area contributed by atoms with Crippen LogP contribution in [0.5, 0.6) is 0 Å². The minimum absolute atomic E-state index is 0.0442. The van der Waals surface area contributed by atoms with Crippen LogP contribution < -0.4 is 5.32 Å². The van der Waals surface area contributed by atoms with Crippen molar-refractivity contribution >= 4 is 21.9 Å². The van der Waals surface area contributed by atoms with Gasteiger partial charge in [0.25, 0.3) is 5.91 Å². The van der Waals surface area contributed by atoms with E-state index in [9.17, 15) is 18.0 Å². The minimum atomic E-state index is -3.21. The molecule has 1 aromatic rings. The molecule has 0 spiro atoms. The molecule has 0 saturated carbocycles. The van der Waals surface area contributed by atoms with Crippen molar-refractivity contribution in [3.8, 4) is 11.8 Å². The first-order valence-electron chi connectivity index (χ1n) is 8.05. The van der Waals surface area contributed by atoms with Crippen molar-refractivity contribution in [1.82, 2.24) is 9.62 Å². The van der Waals surface area contributed by atoms with Gasteiger partial charge >= 0.3 is 5.97 Å². The van der Waals surface area contributed by atoms with Crippen LogP contribution in [0.3, 0.4) is 0 Å². The molecule has 1 atom stereocenters. The van der Waals surface area contributed by atoms with Crippen molar-refractivity contribution in [1.29, 1.82) is 0 Å². The molecule has 0 fully saturated rings. The van der Waals surface area contributed by atoms with E-state index in [1.165, 1.54) is 32.4 Å². The van der Waals surface area contributed by atoms with E-state index in [1.54, 1.807) is 24.3 Å². The van der Waals surface area contributed by atoms with Crippen LogP contribution in [0, 0.1) is 11.8 Å². The Hall–Kier alpha value is -2.37. The maximum Gasteiger partial charge on any atom is 0.328 e. The summed E-state index contributed by atoms with van der Waals surface area (Å²) in [5, 5.41) is 2.54. The zero-order valence-electron chi connectivity index (χ0n) is 15.4. The number of esters is 1. The molecule has 0 radical (unpaired) electrons. The number of amides is 1. The zero-order chi connectivity index (χ0) is 19.7. The Kier molecular flexibility index (Phi) is 8.29. The SMILES string of the molecule is COC(=O)[C@@H](C)NC(=O)c1cccc(C#CCCCS(=O)(=O)N(C)C)c1. The maximum atomic E-state index is 12.1. The molecule has 1 aromatic carbocycles. The number of unbranched alkanes of at least 4 members (excludes halogenated alkanes) is 1. The number of nitrogens with zero attached hydrogens (tertiary/aromatic N) is 1. The number of hydrogen-bond acceptors (Lipinski definition) is 5. The predicted octanol–water partition coefficient (Wildman–Crippen LogP) is 1.00. The molecule has 0 heterocycles. The molecule has 0 unspecified atom stereocenters. The Morgan fingerprint density at radius 3 is 2.62 bits per heavy atom. The van der Waals surface area contributed by atoms with Crippen LogP contribution in [0.1, 0.15) is 35.7 Å². The lowest BCUT2D eigenvalue weighted by Gasteiger charge is -2.11. The van der Waals surface area contributed by atoms with Gasteiger partial charge in [-0.2, -0.15) is 0 Å². The maximum absolute atomic E-state index is 12.1. The van der Waals surface area contributed by atoms with E-state index in [-0.39, 0.29) is 5.75 Å². The lowest BCUT2D eigenvalue weighted by Crippen LogP contribution is -2.39. The third kappa shape index (κ3) is 6.86. The quantitative estimate of drug-likeness (QED) is 0.433. The summed E-state index contributed by atoms with van der Waals surface area (Å²) >= 11 is 0. The van der Waals surface area contributed by atoms with Crippen LogP contribution in [0.25, 0.3) is 0 Å². The molecule has 1 N–H and O–H groups in total. The van der Waals surface area contributed by atoms with Gasteiger partial charge in [0.15, 0.2) is 0 Å². The van der Waals surface area contributed by atoms with Gasteiger partial charge in [0, 0.05) is 31.6 Å². The van der Waals surface area contributed by atoms with E-state index in [2.05, 4.69) is 21.9 Å². The molecular weight excluding hydrogens is 356 g/mol. The number of benzene rings is 1. The minimum Gasteiger partial charge on any atom is -0.467 e. The number of nitrogens with one attached hydrogen (secondary N) is 1. The average molecular weight is 380 g/mol. The summed E-state index contributed by atoms with van der Waals surface area (Å²) in [5.74, 6) is 4.94. The van der Waals surface area contributed by atoms with E-state index in [0.29, 0.717) is 24.0 Å². The van der Waals surface area contributed by atoms with Crippen molar-refractivity contribution in [2.75, 3.05) is 27.0 Å². The third-order valence-corrected chi connectivity index (χ3v) is 5.44. The summed E-state index contributed by atoms with van der Waals surface area (Å²) in [4.78, 5) is 23.5. The normalized spacial score (nSPS) is 12.0. The molecule has 0 aliphatic heterocycles. The first kappa shape index (κ1) is 21.7. The summed E-state index contributed by atoms with van der Waals surface area (Å²) in [7, 11) is 1.04. The second kappa shape index (κ2) is 9.94. The number of sulfonamides is 1. The Labute approximate surface area is 154 Å². The van der Waals surface area contributed by atoms with Crippen molar-refractivity contribution < 1.29 is 22.7 Å². The molecule has 1 amide bonds. The third-order valence-electron chi connectivity index (χ3n) is 3.52. The van der Waals surface area contributed by atoms with Gasteiger partial charge < -0.3 is 10.1 Å². The van der Waals surface area contributed by atoms with Crippen molar-refractivity contribution in [3.63, 3.8) is 0 Å². The summed E-state index contributed by atoms with van der Waals surface area (Å²) in [6.45, 7) is 1.54. The van der Waals surface area contributed by atoms with Gasteiger partial charge in [-0.05, 0) is 31.5 Å². The fraction of sp³-hybridized carbons (Fsp3) is 0.444. The monoisotopic (exact) mass is 380 g/mol. The molecule has 0 aliphatic carbocycles. The molecule has 0 bridgehead atoms. The number of ether oxygens (including phenoxy) is 1. The van der Waals surface area contributed by atoms with E-state index in [4.69, 9.17) is 0 Å². The fourth-order valence-electron chi connectivity index (χ4n) is 1.94. The molecule has 0 aromatic heterocycles. The summed E-state index contributed by atoms with van der Waals surface area (Å²) in [6.07, 6.45) is 0.868. The molecule has 26 heavy (non-hydrogen) atoms. The number of carbonyl (C=O) groups is 2. The van der Waals surface area contributed by atoms with Gasteiger partial charge in [-0.15, -0.1) is 0 Å². The van der Waals surface area contributed by atoms with E-state index < -0.39 is 27.9 Å². The molecule has 8 heteroatoms. The highest BCUT2D eigenvalue weighted by atomic mass is 32.2. The highest BCUT2D eigenvalue weighted by Crippen LogP contribution is 2.06. The van der Waals surface area contributed by atoms with Crippen molar-refractivity contribution in [2.24, 2.45) is 0 Å². The molecule has 142 valence electrons. The Morgan fingerprint density at radius 1 is 1.31 bits per heavy atom. The number of rotatable bonds is 7. The average Bonchev–Trinajstić information content (AvgIpc) is 2.60. The highest BCUT2D eigenvalue weighted by molar-refractivity contribution is 7.89. The van der Waals surface area contributed by atoms with Gasteiger partial charge in [0.1, 0.15) is 6.04 Å². The first-order valence-corrected chi connectivity index (χ1v) is 9.66. The summed E-state index contributed by atoms with van der Waals surface area (Å²) < 4.78 is 29.0. The molecule has 7 nitrogen and oxygen atoms in total. The van der Waals surface area contributed by atoms with Crippen LogP contribution in [-0.4, -0.2) is 57.6 Å². The van der Waals surface area contributed by atoms with Gasteiger partial charge in [-0.3, -0.25) is 4.79 Å². The Morgan fingerprint density at radius 2 is 2.00 bits per heavy atom. The Balaban J connectivity index is 2.65. The number of methoxy groups -OCH3 is 1. The van der Waals surface area contributed by atoms with Crippen LogP contribution >= 0.6 is 0 Å². The number of carbonyl (C=O) groups excluding carboxylic acids is 2. The van der Waals surface area contributed by atoms with Gasteiger partial charge in [-0.1, -0.05) is 17.9 Å². The molecular formula is C18H24N2O5S. The van der Waals surface area contributed by atoms with Crippen LogP contribution in [0.15, 0.2) is 24.3 Å². The van der Waals surface area contributed by atoms with Gasteiger partial charge in [0.05, 0.1) is 12.9 Å². The topological polar surface area (TPSA) is 92.8 Å². The summed E-state index contributed by atoms with van der Waals surface area (Å²) in [6, 6.07) is 5.93. The van der Waals surface area contributed by atoms with Crippen LogP contribution in [0.4, 0.5) is 0 Å². The zero-order valence-corrected chi connectivity index (χ0v) is 16.2. The molecule has 0 aliphatic rings. The standard InChI is InChI=1S/C18H24N2O5S/c1-14(18(22)25-4)19-17(21)16-11-8-10-15(13-16)9-6-5-7-12-26(23,24)20(2)3/h8,10-11,13-14H,5,7,12H2,1-4H3,(H,19,21)/t14-/m1/s1. The van der Waals surface area contributed by atoms with Crippen molar-refractivity contribution in [2.45, 2.75) is 25.8 Å².